The molecule has 0 spiro atoms. The second-order valence-corrected chi connectivity index (χ2v) is 7.32. The van der Waals surface area contributed by atoms with E-state index in [4.69, 9.17) is 9.73 Å². The van der Waals surface area contributed by atoms with Gasteiger partial charge in [-0.05, 0) is 45.2 Å². The van der Waals surface area contributed by atoms with Crippen molar-refractivity contribution in [2.45, 2.75) is 58.2 Å². The lowest BCUT2D eigenvalue weighted by atomic mass is 10.0. The number of hydrogen-bond donors (Lipinski definition) is 2. The van der Waals surface area contributed by atoms with E-state index in [-0.39, 0.29) is 6.10 Å². The van der Waals surface area contributed by atoms with Crippen molar-refractivity contribution in [2.75, 3.05) is 26.2 Å². The summed E-state index contributed by atoms with van der Waals surface area (Å²) in [7, 11) is 0. The van der Waals surface area contributed by atoms with Gasteiger partial charge >= 0.3 is 0 Å². The van der Waals surface area contributed by atoms with Crippen LogP contribution in [0.15, 0.2) is 29.3 Å². The quantitative estimate of drug-likeness (QED) is 0.636. The van der Waals surface area contributed by atoms with Crippen LogP contribution in [-0.2, 0) is 6.42 Å². The molecule has 1 aromatic carbocycles. The summed E-state index contributed by atoms with van der Waals surface area (Å²) in [6.45, 7) is 10.6. The first-order valence-electron chi connectivity index (χ1n) is 9.69. The molecule has 0 aromatic heterocycles. The van der Waals surface area contributed by atoms with Crippen molar-refractivity contribution in [1.82, 2.24) is 15.5 Å². The number of fused-ring (bicyclic) bond motifs is 1. The molecule has 2 N–H and O–H groups in total. The number of nitrogens with one attached hydrogen (secondary N) is 2. The highest BCUT2D eigenvalue weighted by atomic mass is 16.5. The minimum Gasteiger partial charge on any atom is -0.488 e. The summed E-state index contributed by atoms with van der Waals surface area (Å²) in [6, 6.07) is 9.44. The molecule has 2 aliphatic rings. The minimum absolute atomic E-state index is 0.149. The first kappa shape index (κ1) is 18.1. The molecule has 5 heteroatoms. The number of hydrogen-bond acceptors (Lipinski definition) is 3. The van der Waals surface area contributed by atoms with Crippen molar-refractivity contribution in [2.24, 2.45) is 4.99 Å². The Labute approximate surface area is 151 Å². The molecule has 1 aromatic rings. The Bertz CT molecular complexity index is 554. The highest BCUT2D eigenvalue weighted by Gasteiger charge is 2.23. The van der Waals surface area contributed by atoms with E-state index in [9.17, 15) is 0 Å². The SMILES string of the molecule is CCNC(=NCC1Cc2ccccc2O1)NC1CCN(C(C)C)CC1. The van der Waals surface area contributed by atoms with Gasteiger partial charge in [-0.2, -0.15) is 0 Å². The number of ether oxygens (including phenoxy) is 1. The summed E-state index contributed by atoms with van der Waals surface area (Å²) < 4.78 is 6.00. The van der Waals surface area contributed by atoms with E-state index in [1.165, 1.54) is 18.4 Å². The summed E-state index contributed by atoms with van der Waals surface area (Å²) in [5, 5.41) is 7.00. The number of aliphatic imine (C=N–C) groups is 1. The zero-order chi connectivity index (χ0) is 17.6. The lowest BCUT2D eigenvalue weighted by molar-refractivity contribution is 0.167. The Kier molecular flexibility index (Phi) is 6.19. The van der Waals surface area contributed by atoms with Crippen molar-refractivity contribution in [3.63, 3.8) is 0 Å². The smallest absolute Gasteiger partial charge is 0.191 e. The van der Waals surface area contributed by atoms with Crippen molar-refractivity contribution in [1.29, 1.82) is 0 Å². The highest BCUT2D eigenvalue weighted by Crippen LogP contribution is 2.28. The third-order valence-corrected chi connectivity index (χ3v) is 5.11. The predicted octanol–water partition coefficient (Wildman–Crippen LogP) is 2.42. The lowest BCUT2D eigenvalue weighted by Gasteiger charge is -2.35. The van der Waals surface area contributed by atoms with E-state index in [1.807, 2.05) is 12.1 Å². The molecule has 0 radical (unpaired) electrons. The number of guanidine groups is 1. The van der Waals surface area contributed by atoms with E-state index in [0.717, 1.165) is 37.8 Å². The molecule has 1 saturated heterocycles. The van der Waals surface area contributed by atoms with Gasteiger partial charge in [0.1, 0.15) is 11.9 Å². The molecular weight excluding hydrogens is 312 g/mol. The molecule has 0 bridgehead atoms. The standard InChI is InChI=1S/C20H32N4O/c1-4-21-20(23-17-9-11-24(12-10-17)15(2)3)22-14-18-13-16-7-5-6-8-19(16)25-18/h5-8,15,17-18H,4,9-14H2,1-3H3,(H2,21,22,23). The number of rotatable bonds is 5. The number of benzene rings is 1. The molecule has 0 amide bonds. The van der Waals surface area contributed by atoms with Crippen LogP contribution in [0.1, 0.15) is 39.2 Å². The minimum atomic E-state index is 0.149. The van der Waals surface area contributed by atoms with Crippen LogP contribution in [0.2, 0.25) is 0 Å². The van der Waals surface area contributed by atoms with E-state index < -0.39 is 0 Å². The molecule has 0 saturated carbocycles. The largest absolute Gasteiger partial charge is 0.488 e. The second kappa shape index (κ2) is 8.56. The van der Waals surface area contributed by atoms with Crippen molar-refractivity contribution >= 4 is 5.96 Å². The van der Waals surface area contributed by atoms with Gasteiger partial charge in [0, 0.05) is 38.1 Å². The van der Waals surface area contributed by atoms with Gasteiger partial charge < -0.3 is 20.3 Å². The highest BCUT2D eigenvalue weighted by molar-refractivity contribution is 5.80. The molecular formula is C20H32N4O. The maximum atomic E-state index is 6.00. The maximum Gasteiger partial charge on any atom is 0.191 e. The van der Waals surface area contributed by atoms with Crippen LogP contribution in [0.3, 0.4) is 0 Å². The molecule has 1 unspecified atom stereocenters. The maximum absolute atomic E-state index is 6.00. The normalized spacial score (nSPS) is 21.9. The Hall–Kier alpha value is -1.75. The molecule has 138 valence electrons. The van der Waals surface area contributed by atoms with Crippen LogP contribution in [0.25, 0.3) is 0 Å². The Morgan fingerprint density at radius 3 is 2.72 bits per heavy atom. The zero-order valence-corrected chi connectivity index (χ0v) is 15.8. The molecule has 3 rings (SSSR count). The predicted molar refractivity (Wildman–Crippen MR) is 103 cm³/mol. The van der Waals surface area contributed by atoms with Gasteiger partial charge in [-0.25, -0.2) is 4.99 Å². The van der Waals surface area contributed by atoms with Crippen molar-refractivity contribution < 1.29 is 4.74 Å². The zero-order valence-electron chi connectivity index (χ0n) is 15.8. The molecule has 1 fully saturated rings. The Morgan fingerprint density at radius 1 is 1.28 bits per heavy atom. The summed E-state index contributed by atoms with van der Waals surface area (Å²) in [5.74, 6) is 1.94. The van der Waals surface area contributed by atoms with Gasteiger partial charge in [-0.3, -0.25) is 0 Å². The number of likely N-dealkylation sites (tertiary alicyclic amines) is 1. The summed E-state index contributed by atoms with van der Waals surface area (Å²) in [6.07, 6.45) is 3.45. The van der Waals surface area contributed by atoms with Gasteiger partial charge in [0.05, 0.1) is 6.54 Å². The average Bonchev–Trinajstić information content (AvgIpc) is 3.03. The summed E-state index contributed by atoms with van der Waals surface area (Å²) in [4.78, 5) is 7.33. The van der Waals surface area contributed by atoms with E-state index in [2.05, 4.69) is 48.4 Å². The van der Waals surface area contributed by atoms with Gasteiger partial charge in [0.2, 0.25) is 0 Å². The fraction of sp³-hybridized carbons (Fsp3) is 0.650. The van der Waals surface area contributed by atoms with Crippen LogP contribution in [-0.4, -0.2) is 55.2 Å². The summed E-state index contributed by atoms with van der Waals surface area (Å²) >= 11 is 0. The van der Waals surface area contributed by atoms with Gasteiger partial charge in [-0.15, -0.1) is 0 Å². The first-order chi connectivity index (χ1) is 12.2. The fourth-order valence-corrected chi connectivity index (χ4v) is 3.62. The number of piperidine rings is 1. The summed E-state index contributed by atoms with van der Waals surface area (Å²) in [5.41, 5.74) is 1.29. The number of nitrogens with zero attached hydrogens (tertiary/aromatic N) is 2. The first-order valence-corrected chi connectivity index (χ1v) is 9.69. The molecule has 0 aliphatic carbocycles. The van der Waals surface area contributed by atoms with Crippen molar-refractivity contribution in [3.05, 3.63) is 29.8 Å². The van der Waals surface area contributed by atoms with Gasteiger partial charge in [0.15, 0.2) is 5.96 Å². The van der Waals surface area contributed by atoms with Crippen molar-refractivity contribution in [3.8, 4) is 5.75 Å². The monoisotopic (exact) mass is 344 g/mol. The second-order valence-electron chi connectivity index (χ2n) is 7.32. The van der Waals surface area contributed by atoms with Crippen LogP contribution in [0.4, 0.5) is 0 Å². The molecule has 5 nitrogen and oxygen atoms in total. The molecule has 2 heterocycles. The van der Waals surface area contributed by atoms with Crippen LogP contribution in [0.5, 0.6) is 5.75 Å². The van der Waals surface area contributed by atoms with Gasteiger partial charge in [0.25, 0.3) is 0 Å². The van der Waals surface area contributed by atoms with Crippen LogP contribution < -0.4 is 15.4 Å². The van der Waals surface area contributed by atoms with E-state index in [0.29, 0.717) is 18.6 Å². The molecule has 1 atom stereocenters. The van der Waals surface area contributed by atoms with Crippen LogP contribution in [0, 0.1) is 0 Å². The van der Waals surface area contributed by atoms with E-state index >= 15 is 0 Å². The molecule has 25 heavy (non-hydrogen) atoms. The Morgan fingerprint density at radius 2 is 2.04 bits per heavy atom. The van der Waals surface area contributed by atoms with E-state index in [1.54, 1.807) is 0 Å². The Balaban J connectivity index is 1.50. The third-order valence-electron chi connectivity index (χ3n) is 5.11. The lowest BCUT2D eigenvalue weighted by Crippen LogP contribution is -2.50. The fourth-order valence-electron chi connectivity index (χ4n) is 3.62. The third kappa shape index (κ3) is 4.88. The van der Waals surface area contributed by atoms with Gasteiger partial charge in [-0.1, -0.05) is 18.2 Å². The molecule has 2 aliphatic heterocycles. The number of para-hydroxylation sites is 1. The topological polar surface area (TPSA) is 48.9 Å². The van der Waals surface area contributed by atoms with Crippen LogP contribution >= 0.6 is 0 Å². The average molecular weight is 345 g/mol.